The Hall–Kier alpha value is -2.60. The average molecular weight is 399 g/mol. The molecule has 1 aromatic carbocycles. The minimum Gasteiger partial charge on any atom is -0.481 e. The van der Waals surface area contributed by atoms with Gasteiger partial charge in [-0.3, -0.25) is 0 Å². The summed E-state index contributed by atoms with van der Waals surface area (Å²) in [5.41, 5.74) is 5.21. The van der Waals surface area contributed by atoms with E-state index in [2.05, 4.69) is 14.9 Å². The smallest absolute Gasteiger partial charge is 0.213 e. The number of carbonyl (C=O) groups excluding carboxylic acids is 1. The van der Waals surface area contributed by atoms with Crippen molar-refractivity contribution in [2.45, 2.75) is 39.2 Å². The summed E-state index contributed by atoms with van der Waals surface area (Å²) < 4.78 is 7.37. The van der Waals surface area contributed by atoms with Crippen LogP contribution in [0.15, 0.2) is 18.2 Å². The van der Waals surface area contributed by atoms with Crippen molar-refractivity contribution in [1.82, 2.24) is 14.5 Å². The van der Waals surface area contributed by atoms with Crippen molar-refractivity contribution in [2.24, 2.45) is 0 Å². The third-order valence-corrected chi connectivity index (χ3v) is 5.77. The summed E-state index contributed by atoms with van der Waals surface area (Å²) in [6.45, 7) is 5.69. The number of aromatic nitrogens is 3. The number of benzene rings is 1. The van der Waals surface area contributed by atoms with E-state index in [1.807, 2.05) is 32.0 Å². The lowest BCUT2D eigenvalue weighted by molar-refractivity contribution is -0.109. The highest BCUT2D eigenvalue weighted by molar-refractivity contribution is 6.38. The molecule has 7 heteroatoms. The Morgan fingerprint density at radius 2 is 2.18 bits per heavy atom. The van der Waals surface area contributed by atoms with Crippen molar-refractivity contribution < 1.29 is 9.53 Å². The molecule has 1 aliphatic heterocycles. The monoisotopic (exact) mass is 398 g/mol. The van der Waals surface area contributed by atoms with Crippen LogP contribution < -0.4 is 10.1 Å². The lowest BCUT2D eigenvalue weighted by atomic mass is 9.92. The zero-order chi connectivity index (χ0) is 19.8. The van der Waals surface area contributed by atoms with Crippen molar-refractivity contribution in [3.05, 3.63) is 34.5 Å². The Morgan fingerprint density at radius 3 is 2.86 bits per heavy atom. The van der Waals surface area contributed by atoms with E-state index in [-0.39, 0.29) is 5.92 Å². The number of hydrogen-bond acceptors (Lipinski definition) is 5. The van der Waals surface area contributed by atoms with Gasteiger partial charge in [0.05, 0.1) is 17.6 Å². The summed E-state index contributed by atoms with van der Waals surface area (Å²) in [7, 11) is 1.59. The van der Waals surface area contributed by atoms with Crippen LogP contribution in [0.2, 0.25) is 5.02 Å². The predicted octanol–water partition coefficient (Wildman–Crippen LogP) is 4.58. The normalized spacial score (nSPS) is 14.4. The van der Waals surface area contributed by atoms with Crippen LogP contribution in [0.4, 0.5) is 5.95 Å². The molecule has 4 rings (SSSR count). The van der Waals surface area contributed by atoms with Gasteiger partial charge in [0.1, 0.15) is 11.8 Å². The standard InChI is InChI=1S/C21H23ClN4O2/c1-4-13(11-27)15-10-16(14-6-7-17(28-3)24-12(14)2)18(22)19-20(15)26-9-5-8-23-21(26)25-19/h6-7,10-11,13H,4-5,8-9H2,1-3H3,(H,23,25). The number of ether oxygens (including phenoxy) is 1. The number of aryl methyl sites for hydroxylation is 2. The van der Waals surface area contributed by atoms with Gasteiger partial charge < -0.3 is 19.4 Å². The molecular formula is C21H23ClN4O2. The fourth-order valence-electron chi connectivity index (χ4n) is 3.91. The fourth-order valence-corrected chi connectivity index (χ4v) is 4.20. The summed E-state index contributed by atoms with van der Waals surface area (Å²) >= 11 is 6.85. The highest BCUT2D eigenvalue weighted by atomic mass is 35.5. The molecular weight excluding hydrogens is 376 g/mol. The van der Waals surface area contributed by atoms with Crippen LogP contribution in [0.5, 0.6) is 5.88 Å². The van der Waals surface area contributed by atoms with E-state index >= 15 is 0 Å². The van der Waals surface area contributed by atoms with E-state index < -0.39 is 0 Å². The average Bonchev–Trinajstić information content (AvgIpc) is 3.11. The van der Waals surface area contributed by atoms with Gasteiger partial charge in [0.25, 0.3) is 0 Å². The molecule has 1 aliphatic rings. The zero-order valence-corrected chi connectivity index (χ0v) is 17.0. The third-order valence-electron chi connectivity index (χ3n) is 5.39. The lowest BCUT2D eigenvalue weighted by Gasteiger charge is -2.20. The number of imidazole rings is 1. The zero-order valence-electron chi connectivity index (χ0n) is 16.3. The number of fused-ring (bicyclic) bond motifs is 3. The van der Waals surface area contributed by atoms with Gasteiger partial charge in [-0.1, -0.05) is 18.5 Å². The number of nitrogens with one attached hydrogen (secondary N) is 1. The Morgan fingerprint density at radius 1 is 1.36 bits per heavy atom. The fraction of sp³-hybridized carbons (Fsp3) is 0.381. The molecule has 0 bridgehead atoms. The maximum absolute atomic E-state index is 11.8. The van der Waals surface area contributed by atoms with Crippen molar-refractivity contribution in [3.63, 3.8) is 0 Å². The van der Waals surface area contributed by atoms with Crippen molar-refractivity contribution in [1.29, 1.82) is 0 Å². The molecule has 146 valence electrons. The molecule has 0 saturated carbocycles. The highest BCUT2D eigenvalue weighted by Gasteiger charge is 2.25. The van der Waals surface area contributed by atoms with Crippen molar-refractivity contribution in [3.8, 4) is 17.0 Å². The molecule has 28 heavy (non-hydrogen) atoms. The molecule has 0 saturated heterocycles. The molecule has 0 spiro atoms. The minimum absolute atomic E-state index is 0.215. The summed E-state index contributed by atoms with van der Waals surface area (Å²) in [4.78, 5) is 21.1. The van der Waals surface area contributed by atoms with Crippen molar-refractivity contribution >= 4 is 34.9 Å². The van der Waals surface area contributed by atoms with Crippen molar-refractivity contribution in [2.75, 3.05) is 19.0 Å². The third kappa shape index (κ3) is 2.92. The molecule has 2 aromatic heterocycles. The van der Waals surface area contributed by atoms with E-state index in [4.69, 9.17) is 21.3 Å². The Balaban J connectivity index is 2.03. The van der Waals surface area contributed by atoms with Gasteiger partial charge in [0.15, 0.2) is 0 Å². The number of carbonyl (C=O) groups is 1. The Bertz CT molecular complexity index is 1060. The minimum atomic E-state index is -0.215. The van der Waals surface area contributed by atoms with E-state index in [9.17, 15) is 4.79 Å². The number of halogens is 1. The van der Waals surface area contributed by atoms with Gasteiger partial charge in [-0.15, -0.1) is 0 Å². The van der Waals surface area contributed by atoms with Crippen LogP contribution in [-0.2, 0) is 11.3 Å². The maximum atomic E-state index is 11.8. The van der Waals surface area contributed by atoms with Crippen LogP contribution in [0.3, 0.4) is 0 Å². The molecule has 1 unspecified atom stereocenters. The molecule has 3 heterocycles. The number of rotatable bonds is 5. The van der Waals surface area contributed by atoms with Gasteiger partial charge in [-0.05, 0) is 37.5 Å². The largest absolute Gasteiger partial charge is 0.481 e. The topological polar surface area (TPSA) is 69.0 Å². The first kappa shape index (κ1) is 18.7. The SMILES string of the molecule is CCC(C=O)c1cc(-c2ccc(OC)nc2C)c(Cl)c2nc3n(c12)CCCN3. The number of hydrogen-bond donors (Lipinski definition) is 1. The molecule has 0 fully saturated rings. The quantitative estimate of drug-likeness (QED) is 0.637. The highest BCUT2D eigenvalue weighted by Crippen LogP contribution is 2.41. The second-order valence-electron chi connectivity index (χ2n) is 7.03. The van der Waals surface area contributed by atoms with E-state index in [0.29, 0.717) is 17.3 Å². The number of anilines is 1. The Labute approximate surface area is 168 Å². The number of aldehydes is 1. The summed E-state index contributed by atoms with van der Waals surface area (Å²) in [6.07, 6.45) is 2.74. The molecule has 1 N–H and O–H groups in total. The predicted molar refractivity (Wildman–Crippen MR) is 111 cm³/mol. The number of pyridine rings is 1. The van der Waals surface area contributed by atoms with E-state index in [0.717, 1.165) is 65.2 Å². The van der Waals surface area contributed by atoms with Crippen LogP contribution >= 0.6 is 11.6 Å². The van der Waals surface area contributed by atoms with Crippen LogP contribution in [0.1, 0.15) is 36.9 Å². The van der Waals surface area contributed by atoms with Gasteiger partial charge in [0.2, 0.25) is 11.8 Å². The second kappa shape index (κ2) is 7.43. The molecule has 6 nitrogen and oxygen atoms in total. The number of methoxy groups -OCH3 is 1. The molecule has 1 atom stereocenters. The van der Waals surface area contributed by atoms with Crippen LogP contribution in [-0.4, -0.2) is 34.5 Å². The molecule has 3 aromatic rings. The van der Waals surface area contributed by atoms with Gasteiger partial charge in [0, 0.05) is 41.9 Å². The number of nitrogens with zero attached hydrogens (tertiary/aromatic N) is 3. The summed E-state index contributed by atoms with van der Waals surface area (Å²) in [5, 5.41) is 3.92. The molecule has 0 radical (unpaired) electrons. The van der Waals surface area contributed by atoms with E-state index in [1.54, 1.807) is 7.11 Å². The first-order chi connectivity index (χ1) is 13.6. The second-order valence-corrected chi connectivity index (χ2v) is 7.41. The summed E-state index contributed by atoms with van der Waals surface area (Å²) in [5.74, 6) is 1.15. The lowest BCUT2D eigenvalue weighted by Crippen LogP contribution is -2.17. The molecule has 0 aliphatic carbocycles. The van der Waals surface area contributed by atoms with Crippen LogP contribution in [0.25, 0.3) is 22.2 Å². The maximum Gasteiger partial charge on any atom is 0.213 e. The van der Waals surface area contributed by atoms with Gasteiger partial charge >= 0.3 is 0 Å². The summed E-state index contributed by atoms with van der Waals surface area (Å²) in [6, 6.07) is 5.81. The first-order valence-electron chi connectivity index (χ1n) is 9.52. The first-order valence-corrected chi connectivity index (χ1v) is 9.90. The van der Waals surface area contributed by atoms with Gasteiger partial charge in [-0.25, -0.2) is 9.97 Å². The van der Waals surface area contributed by atoms with Crippen LogP contribution in [0, 0.1) is 6.92 Å². The Kier molecular flexibility index (Phi) is 4.98. The van der Waals surface area contributed by atoms with E-state index in [1.165, 1.54) is 0 Å². The van der Waals surface area contributed by atoms with Gasteiger partial charge in [-0.2, -0.15) is 0 Å². The molecule has 0 amide bonds.